The number of hydrogen-bond acceptors (Lipinski definition) is 4. The lowest BCUT2D eigenvalue weighted by Crippen LogP contribution is -2.03. The van der Waals surface area contributed by atoms with E-state index in [1.54, 1.807) is 20.3 Å². The molecule has 0 unspecified atom stereocenters. The van der Waals surface area contributed by atoms with Crippen LogP contribution in [-0.2, 0) is 6.54 Å². The number of aromatic hydroxyl groups is 1. The summed E-state index contributed by atoms with van der Waals surface area (Å²) in [5.74, 6) is 1.60. The standard InChI is InChI=1S/C16H18BrNO3/c1-10-6-12(17)7-15(21-3)16(10)18-9-11-4-5-13(20-2)8-14(11)19/h4-8,18-19H,9H2,1-3H3. The van der Waals surface area contributed by atoms with Crippen LogP contribution in [0.5, 0.6) is 17.2 Å². The minimum absolute atomic E-state index is 0.204. The van der Waals surface area contributed by atoms with Crippen LogP contribution in [-0.4, -0.2) is 19.3 Å². The Hall–Kier alpha value is -1.88. The number of hydrogen-bond donors (Lipinski definition) is 2. The Morgan fingerprint density at radius 3 is 2.52 bits per heavy atom. The van der Waals surface area contributed by atoms with Crippen molar-refractivity contribution in [1.82, 2.24) is 0 Å². The Bertz CT molecular complexity index is 644. The van der Waals surface area contributed by atoms with Crippen molar-refractivity contribution in [2.45, 2.75) is 13.5 Å². The number of phenols is 1. The Morgan fingerprint density at radius 2 is 1.90 bits per heavy atom. The van der Waals surface area contributed by atoms with Gasteiger partial charge >= 0.3 is 0 Å². The van der Waals surface area contributed by atoms with E-state index >= 15 is 0 Å². The predicted octanol–water partition coefficient (Wildman–Crippen LogP) is 4.09. The monoisotopic (exact) mass is 351 g/mol. The van der Waals surface area contributed by atoms with Crippen LogP contribution in [0, 0.1) is 6.92 Å². The van der Waals surface area contributed by atoms with E-state index in [1.807, 2.05) is 31.2 Å². The normalized spacial score (nSPS) is 10.3. The van der Waals surface area contributed by atoms with Gasteiger partial charge in [0.25, 0.3) is 0 Å². The van der Waals surface area contributed by atoms with Crippen LogP contribution in [0.2, 0.25) is 0 Å². The van der Waals surface area contributed by atoms with Gasteiger partial charge in [-0.3, -0.25) is 0 Å². The molecule has 0 aliphatic rings. The molecule has 0 atom stereocenters. The van der Waals surface area contributed by atoms with Gasteiger partial charge in [0, 0.05) is 22.6 Å². The molecule has 2 aromatic rings. The lowest BCUT2D eigenvalue weighted by molar-refractivity contribution is 0.406. The molecule has 0 heterocycles. The molecular weight excluding hydrogens is 334 g/mol. The lowest BCUT2D eigenvalue weighted by atomic mass is 10.1. The molecule has 0 spiro atoms. The van der Waals surface area contributed by atoms with Gasteiger partial charge in [0.05, 0.1) is 19.9 Å². The third kappa shape index (κ3) is 3.61. The zero-order chi connectivity index (χ0) is 15.4. The number of halogens is 1. The summed E-state index contributed by atoms with van der Waals surface area (Å²) >= 11 is 3.45. The molecule has 0 fully saturated rings. The molecule has 0 aliphatic heterocycles. The molecule has 0 aliphatic carbocycles. The number of methoxy groups -OCH3 is 2. The van der Waals surface area contributed by atoms with Gasteiger partial charge in [-0.1, -0.05) is 15.9 Å². The molecule has 0 saturated carbocycles. The second-order valence-electron chi connectivity index (χ2n) is 4.65. The maximum absolute atomic E-state index is 9.98. The number of phenolic OH excluding ortho intramolecular Hbond substituents is 1. The highest BCUT2D eigenvalue weighted by molar-refractivity contribution is 9.10. The van der Waals surface area contributed by atoms with Crippen molar-refractivity contribution in [3.05, 3.63) is 45.9 Å². The number of ether oxygens (including phenoxy) is 2. The van der Waals surface area contributed by atoms with Gasteiger partial charge in [-0.15, -0.1) is 0 Å². The van der Waals surface area contributed by atoms with Crippen molar-refractivity contribution >= 4 is 21.6 Å². The van der Waals surface area contributed by atoms with Crippen molar-refractivity contribution < 1.29 is 14.6 Å². The first-order chi connectivity index (χ1) is 10.0. The fourth-order valence-corrected chi connectivity index (χ4v) is 2.65. The molecule has 0 radical (unpaired) electrons. The molecule has 4 nitrogen and oxygen atoms in total. The van der Waals surface area contributed by atoms with E-state index in [2.05, 4.69) is 21.2 Å². The van der Waals surface area contributed by atoms with E-state index in [0.717, 1.165) is 27.0 Å². The zero-order valence-corrected chi connectivity index (χ0v) is 13.8. The Balaban J connectivity index is 2.20. The van der Waals surface area contributed by atoms with Gasteiger partial charge in [0.15, 0.2) is 0 Å². The molecule has 2 N–H and O–H groups in total. The quantitative estimate of drug-likeness (QED) is 0.851. The minimum atomic E-state index is 0.204. The van der Waals surface area contributed by atoms with Gasteiger partial charge in [-0.25, -0.2) is 0 Å². The summed E-state index contributed by atoms with van der Waals surface area (Å²) in [6.45, 7) is 2.50. The summed E-state index contributed by atoms with van der Waals surface area (Å²) in [6.07, 6.45) is 0. The smallest absolute Gasteiger partial charge is 0.143 e. The minimum Gasteiger partial charge on any atom is -0.507 e. The average molecular weight is 352 g/mol. The molecule has 21 heavy (non-hydrogen) atoms. The highest BCUT2D eigenvalue weighted by atomic mass is 79.9. The number of nitrogens with one attached hydrogen (secondary N) is 1. The first-order valence-electron chi connectivity index (χ1n) is 6.49. The molecule has 0 bridgehead atoms. The molecule has 2 aromatic carbocycles. The average Bonchev–Trinajstić information content (AvgIpc) is 2.46. The highest BCUT2D eigenvalue weighted by Gasteiger charge is 2.09. The third-order valence-electron chi connectivity index (χ3n) is 3.23. The topological polar surface area (TPSA) is 50.7 Å². The van der Waals surface area contributed by atoms with E-state index in [9.17, 15) is 5.11 Å². The van der Waals surface area contributed by atoms with Crippen molar-refractivity contribution in [3.63, 3.8) is 0 Å². The van der Waals surface area contributed by atoms with Gasteiger partial charge in [0.1, 0.15) is 17.2 Å². The summed E-state index contributed by atoms with van der Waals surface area (Å²) in [5.41, 5.74) is 2.77. The van der Waals surface area contributed by atoms with E-state index in [4.69, 9.17) is 9.47 Å². The van der Waals surface area contributed by atoms with Crippen LogP contribution in [0.25, 0.3) is 0 Å². The highest BCUT2D eigenvalue weighted by Crippen LogP contribution is 2.33. The van der Waals surface area contributed by atoms with E-state index < -0.39 is 0 Å². The third-order valence-corrected chi connectivity index (χ3v) is 3.69. The van der Waals surface area contributed by atoms with Crippen molar-refractivity contribution in [3.8, 4) is 17.2 Å². The molecule has 5 heteroatoms. The van der Waals surface area contributed by atoms with Crippen LogP contribution >= 0.6 is 15.9 Å². The zero-order valence-electron chi connectivity index (χ0n) is 12.2. The lowest BCUT2D eigenvalue weighted by Gasteiger charge is -2.15. The van der Waals surface area contributed by atoms with Crippen LogP contribution < -0.4 is 14.8 Å². The summed E-state index contributed by atoms with van der Waals surface area (Å²) in [5, 5.41) is 13.3. The van der Waals surface area contributed by atoms with Crippen LogP contribution in [0.15, 0.2) is 34.8 Å². The number of benzene rings is 2. The first kappa shape index (κ1) is 15.5. The van der Waals surface area contributed by atoms with Gasteiger partial charge in [-0.05, 0) is 36.8 Å². The second kappa shape index (κ2) is 6.72. The van der Waals surface area contributed by atoms with Crippen LogP contribution in [0.4, 0.5) is 5.69 Å². The van der Waals surface area contributed by atoms with Gasteiger partial charge in [0.2, 0.25) is 0 Å². The molecule has 0 aromatic heterocycles. The van der Waals surface area contributed by atoms with Crippen molar-refractivity contribution in [2.24, 2.45) is 0 Å². The molecular formula is C16H18BrNO3. The SMILES string of the molecule is COc1ccc(CNc2c(C)cc(Br)cc2OC)c(O)c1. The summed E-state index contributed by atoms with van der Waals surface area (Å²) in [7, 11) is 3.21. The summed E-state index contributed by atoms with van der Waals surface area (Å²) in [4.78, 5) is 0. The van der Waals surface area contributed by atoms with Crippen molar-refractivity contribution in [2.75, 3.05) is 19.5 Å². The maximum Gasteiger partial charge on any atom is 0.143 e. The fourth-order valence-electron chi connectivity index (χ4n) is 2.10. The van der Waals surface area contributed by atoms with Gasteiger partial charge < -0.3 is 19.9 Å². The summed E-state index contributed by atoms with van der Waals surface area (Å²) in [6, 6.07) is 9.18. The van der Waals surface area contributed by atoms with E-state index in [0.29, 0.717) is 12.3 Å². The fraction of sp³-hybridized carbons (Fsp3) is 0.250. The van der Waals surface area contributed by atoms with Crippen LogP contribution in [0.3, 0.4) is 0 Å². The second-order valence-corrected chi connectivity index (χ2v) is 5.56. The largest absolute Gasteiger partial charge is 0.507 e. The van der Waals surface area contributed by atoms with Gasteiger partial charge in [-0.2, -0.15) is 0 Å². The van der Waals surface area contributed by atoms with Crippen LogP contribution in [0.1, 0.15) is 11.1 Å². The van der Waals surface area contributed by atoms with Crippen molar-refractivity contribution in [1.29, 1.82) is 0 Å². The Labute approximate surface area is 132 Å². The molecule has 0 saturated heterocycles. The Kier molecular flexibility index (Phi) is 4.96. The number of anilines is 1. The first-order valence-corrected chi connectivity index (χ1v) is 7.28. The molecule has 2 rings (SSSR count). The maximum atomic E-state index is 9.98. The van der Waals surface area contributed by atoms with E-state index in [1.165, 1.54) is 0 Å². The predicted molar refractivity (Wildman–Crippen MR) is 87.4 cm³/mol. The molecule has 0 amide bonds. The van der Waals surface area contributed by atoms with E-state index in [-0.39, 0.29) is 5.75 Å². The number of rotatable bonds is 5. The number of aryl methyl sites for hydroxylation is 1. The molecule has 112 valence electrons. The Morgan fingerprint density at radius 1 is 1.14 bits per heavy atom. The summed E-state index contributed by atoms with van der Waals surface area (Å²) < 4.78 is 11.4.